The minimum absolute atomic E-state index is 0.0531. The number of imide groups is 1. The number of halogens is 1. The van der Waals surface area contributed by atoms with Crippen molar-refractivity contribution in [3.8, 4) is 0 Å². The maximum Gasteiger partial charge on any atom is 0.321 e. The molecule has 0 radical (unpaired) electrons. The molecule has 0 fully saturated rings. The van der Waals surface area contributed by atoms with E-state index in [0.717, 1.165) is 15.7 Å². The lowest BCUT2D eigenvalue weighted by molar-refractivity contribution is -0.118. The molecule has 0 saturated heterocycles. The molecule has 20 heavy (non-hydrogen) atoms. The minimum Gasteiger partial charge on any atom is -0.376 e. The smallest absolute Gasteiger partial charge is 0.321 e. The highest BCUT2D eigenvalue weighted by Crippen LogP contribution is 2.19. The number of aryl methyl sites for hydroxylation is 1. The van der Waals surface area contributed by atoms with Crippen LogP contribution in [0.25, 0.3) is 0 Å². The summed E-state index contributed by atoms with van der Waals surface area (Å²) in [5.74, 6) is -0.0204. The van der Waals surface area contributed by atoms with Crippen molar-refractivity contribution in [2.75, 3.05) is 18.4 Å². The van der Waals surface area contributed by atoms with Crippen LogP contribution in [0.3, 0.4) is 0 Å². The number of rotatable bonds is 5. The highest BCUT2D eigenvalue weighted by Gasteiger charge is 2.08. The topological polar surface area (TPSA) is 70.2 Å². The van der Waals surface area contributed by atoms with Gasteiger partial charge in [-0.25, -0.2) is 4.79 Å². The lowest BCUT2D eigenvalue weighted by Gasteiger charge is -2.11. The molecule has 0 saturated carbocycles. The number of nitrogens with one attached hydrogen (secondary N) is 3. The van der Waals surface area contributed by atoms with E-state index in [9.17, 15) is 9.59 Å². The molecular formula is C14H20BrN3O2. The van der Waals surface area contributed by atoms with Gasteiger partial charge in [-0.05, 0) is 36.6 Å². The Balaban J connectivity index is 2.38. The average Bonchev–Trinajstić information content (AvgIpc) is 2.35. The van der Waals surface area contributed by atoms with Crippen molar-refractivity contribution in [2.24, 2.45) is 5.92 Å². The maximum absolute atomic E-state index is 11.6. The summed E-state index contributed by atoms with van der Waals surface area (Å²) in [4.78, 5) is 23.0. The van der Waals surface area contributed by atoms with Gasteiger partial charge in [-0.1, -0.05) is 29.8 Å². The number of hydrogen-bond acceptors (Lipinski definition) is 3. The van der Waals surface area contributed by atoms with E-state index in [1.165, 1.54) is 0 Å². The van der Waals surface area contributed by atoms with Crippen molar-refractivity contribution in [1.29, 1.82) is 0 Å². The van der Waals surface area contributed by atoms with Crippen LogP contribution < -0.4 is 16.0 Å². The highest BCUT2D eigenvalue weighted by molar-refractivity contribution is 9.10. The van der Waals surface area contributed by atoms with E-state index in [2.05, 4.69) is 31.9 Å². The summed E-state index contributed by atoms with van der Waals surface area (Å²) in [7, 11) is 0. The molecular weight excluding hydrogens is 322 g/mol. The van der Waals surface area contributed by atoms with Gasteiger partial charge in [0.05, 0.1) is 6.54 Å². The van der Waals surface area contributed by atoms with Crippen molar-refractivity contribution < 1.29 is 9.59 Å². The second kappa shape index (κ2) is 7.89. The fourth-order valence-corrected chi connectivity index (χ4v) is 1.99. The predicted octanol–water partition coefficient (Wildman–Crippen LogP) is 2.65. The summed E-state index contributed by atoms with van der Waals surface area (Å²) in [6.07, 6.45) is 0. The summed E-state index contributed by atoms with van der Waals surface area (Å²) < 4.78 is 0.984. The number of benzene rings is 1. The van der Waals surface area contributed by atoms with Crippen molar-refractivity contribution in [3.63, 3.8) is 0 Å². The van der Waals surface area contributed by atoms with Crippen LogP contribution in [0.15, 0.2) is 22.7 Å². The molecule has 0 aliphatic carbocycles. The van der Waals surface area contributed by atoms with E-state index in [0.29, 0.717) is 12.5 Å². The number of carbonyl (C=O) groups is 2. The number of urea groups is 1. The van der Waals surface area contributed by atoms with Gasteiger partial charge in [-0.3, -0.25) is 10.1 Å². The SMILES string of the molecule is Cc1cc(Br)ccc1NCC(=O)NC(=O)NCC(C)C. The predicted molar refractivity (Wildman–Crippen MR) is 83.7 cm³/mol. The summed E-state index contributed by atoms with van der Waals surface area (Å²) in [6, 6.07) is 5.27. The Morgan fingerprint density at radius 2 is 2.00 bits per heavy atom. The van der Waals surface area contributed by atoms with Crippen LogP contribution in [0.4, 0.5) is 10.5 Å². The molecule has 5 nitrogen and oxygen atoms in total. The number of hydrogen-bond donors (Lipinski definition) is 3. The van der Waals surface area contributed by atoms with Crippen molar-refractivity contribution in [1.82, 2.24) is 10.6 Å². The van der Waals surface area contributed by atoms with Crippen LogP contribution in [0, 0.1) is 12.8 Å². The second-order valence-electron chi connectivity index (χ2n) is 4.96. The fraction of sp³-hybridized carbons (Fsp3) is 0.429. The van der Waals surface area contributed by atoms with E-state index in [4.69, 9.17) is 0 Å². The monoisotopic (exact) mass is 341 g/mol. The molecule has 1 aromatic carbocycles. The van der Waals surface area contributed by atoms with Crippen LogP contribution >= 0.6 is 15.9 Å². The first-order valence-electron chi connectivity index (χ1n) is 6.46. The highest BCUT2D eigenvalue weighted by atomic mass is 79.9. The van der Waals surface area contributed by atoms with E-state index < -0.39 is 6.03 Å². The summed E-state index contributed by atoms with van der Waals surface area (Å²) in [6.45, 7) is 6.51. The Kier molecular flexibility index (Phi) is 6.51. The summed E-state index contributed by atoms with van der Waals surface area (Å²) >= 11 is 3.38. The molecule has 6 heteroatoms. The lowest BCUT2D eigenvalue weighted by atomic mass is 10.2. The van der Waals surface area contributed by atoms with Gasteiger partial charge in [0.2, 0.25) is 5.91 Å². The molecule has 110 valence electrons. The molecule has 0 heterocycles. The molecule has 0 aliphatic rings. The van der Waals surface area contributed by atoms with E-state index in [-0.39, 0.29) is 12.5 Å². The quantitative estimate of drug-likeness (QED) is 0.770. The van der Waals surface area contributed by atoms with Gasteiger partial charge in [0.1, 0.15) is 0 Å². The van der Waals surface area contributed by atoms with Crippen LogP contribution in [0.1, 0.15) is 19.4 Å². The zero-order chi connectivity index (χ0) is 15.1. The van der Waals surface area contributed by atoms with Crippen LogP contribution in [-0.2, 0) is 4.79 Å². The first kappa shape index (κ1) is 16.5. The second-order valence-corrected chi connectivity index (χ2v) is 5.88. The van der Waals surface area contributed by atoms with Crippen LogP contribution in [0.5, 0.6) is 0 Å². The molecule has 3 amide bonds. The van der Waals surface area contributed by atoms with Crippen molar-refractivity contribution >= 4 is 33.6 Å². The molecule has 1 rings (SSSR count). The first-order valence-corrected chi connectivity index (χ1v) is 7.25. The zero-order valence-corrected chi connectivity index (χ0v) is 13.5. The van der Waals surface area contributed by atoms with Gasteiger partial charge in [0.25, 0.3) is 0 Å². The molecule has 0 spiro atoms. The lowest BCUT2D eigenvalue weighted by Crippen LogP contribution is -2.43. The largest absolute Gasteiger partial charge is 0.376 e. The number of anilines is 1. The standard InChI is InChI=1S/C14H20BrN3O2/c1-9(2)7-17-14(20)18-13(19)8-16-12-5-4-11(15)6-10(12)3/h4-6,9,16H,7-8H2,1-3H3,(H2,17,18,19,20). The third-order valence-electron chi connectivity index (χ3n) is 2.55. The van der Waals surface area contributed by atoms with E-state index in [1.807, 2.05) is 39.0 Å². The zero-order valence-electron chi connectivity index (χ0n) is 11.9. The number of amides is 3. The summed E-state index contributed by atoms with van der Waals surface area (Å²) in [5.41, 5.74) is 1.89. The molecule has 0 bridgehead atoms. The normalized spacial score (nSPS) is 10.2. The minimum atomic E-state index is -0.460. The molecule has 1 aromatic rings. The van der Waals surface area contributed by atoms with E-state index in [1.54, 1.807) is 0 Å². The number of carbonyl (C=O) groups excluding carboxylic acids is 2. The van der Waals surface area contributed by atoms with Crippen molar-refractivity contribution in [3.05, 3.63) is 28.2 Å². The van der Waals surface area contributed by atoms with Crippen LogP contribution in [-0.4, -0.2) is 25.0 Å². The van der Waals surface area contributed by atoms with Gasteiger partial charge >= 0.3 is 6.03 Å². The van der Waals surface area contributed by atoms with Gasteiger partial charge in [-0.15, -0.1) is 0 Å². The first-order chi connectivity index (χ1) is 9.38. The Morgan fingerprint density at radius 1 is 1.30 bits per heavy atom. The Hall–Kier alpha value is -1.56. The van der Waals surface area contributed by atoms with Gasteiger partial charge < -0.3 is 10.6 Å². The van der Waals surface area contributed by atoms with Gasteiger partial charge in [-0.2, -0.15) is 0 Å². The molecule has 0 aromatic heterocycles. The molecule has 0 atom stereocenters. The molecule has 0 unspecified atom stereocenters. The summed E-state index contributed by atoms with van der Waals surface area (Å²) in [5, 5.41) is 7.90. The third-order valence-corrected chi connectivity index (χ3v) is 3.04. The fourth-order valence-electron chi connectivity index (χ4n) is 1.51. The molecule has 0 aliphatic heterocycles. The van der Waals surface area contributed by atoms with Crippen molar-refractivity contribution in [2.45, 2.75) is 20.8 Å². The van der Waals surface area contributed by atoms with Gasteiger partial charge in [0, 0.05) is 16.7 Å². The maximum atomic E-state index is 11.6. The van der Waals surface area contributed by atoms with Gasteiger partial charge in [0.15, 0.2) is 0 Å². The molecule has 3 N–H and O–H groups in total. The average molecular weight is 342 g/mol. The Morgan fingerprint density at radius 3 is 2.60 bits per heavy atom. The Labute approximate surface area is 127 Å². The third kappa shape index (κ3) is 6.06. The van der Waals surface area contributed by atoms with E-state index >= 15 is 0 Å². The van der Waals surface area contributed by atoms with Crippen LogP contribution in [0.2, 0.25) is 0 Å². The Bertz CT molecular complexity index is 489.